The van der Waals surface area contributed by atoms with Crippen LogP contribution < -0.4 is 4.74 Å². The third kappa shape index (κ3) is 3.64. The lowest BCUT2D eigenvalue weighted by molar-refractivity contribution is 0.104. The van der Waals surface area contributed by atoms with Crippen LogP contribution in [-0.4, -0.2) is 23.1 Å². The van der Waals surface area contributed by atoms with E-state index in [-0.39, 0.29) is 22.8 Å². The van der Waals surface area contributed by atoms with Crippen molar-refractivity contribution in [2.75, 3.05) is 7.11 Å². The van der Waals surface area contributed by atoms with Crippen molar-refractivity contribution in [3.05, 3.63) is 58.1 Å². The zero-order valence-corrected chi connectivity index (χ0v) is 12.8. The molecule has 0 radical (unpaired) electrons. The monoisotopic (exact) mass is 348 g/mol. The Hall–Kier alpha value is -2.27. The van der Waals surface area contributed by atoms with Gasteiger partial charge in [0.2, 0.25) is 0 Å². The summed E-state index contributed by atoms with van der Waals surface area (Å²) in [6.45, 7) is 0. The number of hydrogen-bond donors (Lipinski definition) is 2. The maximum atomic E-state index is 12.1. The van der Waals surface area contributed by atoms with E-state index in [0.29, 0.717) is 4.47 Å². The van der Waals surface area contributed by atoms with Crippen molar-refractivity contribution in [3.63, 3.8) is 0 Å². The minimum atomic E-state index is -0.357. The number of ether oxygens (including phenoxy) is 1. The van der Waals surface area contributed by atoms with E-state index < -0.39 is 0 Å². The van der Waals surface area contributed by atoms with Gasteiger partial charge in [-0.05, 0) is 45.8 Å². The van der Waals surface area contributed by atoms with E-state index in [1.807, 2.05) is 12.1 Å². The normalized spacial score (nSPS) is 10.8. The molecule has 0 spiro atoms. The van der Waals surface area contributed by atoms with Crippen molar-refractivity contribution in [2.24, 2.45) is 0 Å². The van der Waals surface area contributed by atoms with Gasteiger partial charge in [-0.3, -0.25) is 4.79 Å². The Labute approximate surface area is 130 Å². The van der Waals surface area contributed by atoms with Crippen LogP contribution in [-0.2, 0) is 0 Å². The zero-order chi connectivity index (χ0) is 15.4. The first-order valence-corrected chi connectivity index (χ1v) is 6.88. The van der Waals surface area contributed by atoms with E-state index in [1.165, 1.54) is 12.1 Å². The van der Waals surface area contributed by atoms with Gasteiger partial charge in [-0.25, -0.2) is 0 Å². The number of phenolic OH excluding ortho intramolecular Hbond substituents is 2. The van der Waals surface area contributed by atoms with Crippen molar-refractivity contribution in [1.82, 2.24) is 0 Å². The summed E-state index contributed by atoms with van der Waals surface area (Å²) in [5.74, 6) is -0.00845. The zero-order valence-electron chi connectivity index (χ0n) is 11.2. The standard InChI is InChI=1S/C16H13BrO4/c1-21-11-5-2-10(3-6-11)4-7-14(18)12-8-13(17)16(20)9-15(12)19/h2-9,19-20H,1H3/b7-4+. The highest BCUT2D eigenvalue weighted by molar-refractivity contribution is 9.10. The fourth-order valence-corrected chi connectivity index (χ4v) is 2.07. The number of benzene rings is 2. The number of rotatable bonds is 4. The fraction of sp³-hybridized carbons (Fsp3) is 0.0625. The molecule has 2 N–H and O–H groups in total. The number of ketones is 1. The minimum Gasteiger partial charge on any atom is -0.507 e. The first kappa shape index (κ1) is 15.1. The summed E-state index contributed by atoms with van der Waals surface area (Å²) in [6, 6.07) is 9.71. The average Bonchev–Trinajstić information content (AvgIpc) is 2.49. The van der Waals surface area contributed by atoms with Crippen molar-refractivity contribution < 1.29 is 19.7 Å². The van der Waals surface area contributed by atoms with Crippen LogP contribution in [0.1, 0.15) is 15.9 Å². The highest BCUT2D eigenvalue weighted by Gasteiger charge is 2.11. The molecule has 5 heteroatoms. The predicted octanol–water partition coefficient (Wildman–Crippen LogP) is 3.77. The summed E-state index contributed by atoms with van der Waals surface area (Å²) in [6.07, 6.45) is 3.00. The molecule has 0 aliphatic carbocycles. The van der Waals surface area contributed by atoms with Gasteiger partial charge in [-0.2, -0.15) is 0 Å². The second-order valence-electron chi connectivity index (χ2n) is 4.29. The summed E-state index contributed by atoms with van der Waals surface area (Å²) < 4.78 is 5.40. The highest BCUT2D eigenvalue weighted by atomic mass is 79.9. The van der Waals surface area contributed by atoms with Crippen LogP contribution >= 0.6 is 15.9 Å². The fourth-order valence-electron chi connectivity index (χ4n) is 1.72. The number of aromatic hydroxyl groups is 2. The molecule has 0 unspecified atom stereocenters. The van der Waals surface area contributed by atoms with Gasteiger partial charge >= 0.3 is 0 Å². The van der Waals surface area contributed by atoms with E-state index >= 15 is 0 Å². The van der Waals surface area contributed by atoms with Crippen molar-refractivity contribution in [1.29, 1.82) is 0 Å². The molecule has 0 amide bonds. The molecule has 0 aliphatic rings. The Kier molecular flexibility index (Phi) is 4.65. The van der Waals surface area contributed by atoms with Gasteiger partial charge in [0, 0.05) is 6.07 Å². The van der Waals surface area contributed by atoms with Crippen LogP contribution in [0.3, 0.4) is 0 Å². The van der Waals surface area contributed by atoms with Crippen LogP contribution in [0.25, 0.3) is 6.08 Å². The van der Waals surface area contributed by atoms with E-state index in [1.54, 1.807) is 25.3 Å². The summed E-state index contributed by atoms with van der Waals surface area (Å²) in [4.78, 5) is 12.1. The summed E-state index contributed by atoms with van der Waals surface area (Å²) >= 11 is 3.11. The Morgan fingerprint density at radius 1 is 1.14 bits per heavy atom. The van der Waals surface area contributed by atoms with Crippen molar-refractivity contribution in [2.45, 2.75) is 0 Å². The second-order valence-corrected chi connectivity index (χ2v) is 5.15. The van der Waals surface area contributed by atoms with Crippen molar-refractivity contribution >= 4 is 27.8 Å². The maximum absolute atomic E-state index is 12.1. The molecule has 4 nitrogen and oxygen atoms in total. The number of hydrogen-bond acceptors (Lipinski definition) is 4. The number of halogens is 1. The summed E-state index contributed by atoms with van der Waals surface area (Å²) in [7, 11) is 1.58. The Morgan fingerprint density at radius 3 is 2.43 bits per heavy atom. The largest absolute Gasteiger partial charge is 0.507 e. The molecule has 0 aliphatic heterocycles. The molecular formula is C16H13BrO4. The molecule has 2 rings (SSSR count). The van der Waals surface area contributed by atoms with Gasteiger partial charge in [-0.1, -0.05) is 18.2 Å². The molecule has 0 saturated carbocycles. The van der Waals surface area contributed by atoms with Crippen LogP contribution in [0.4, 0.5) is 0 Å². The third-order valence-electron chi connectivity index (χ3n) is 2.87. The molecule has 21 heavy (non-hydrogen) atoms. The van der Waals surface area contributed by atoms with Gasteiger partial charge in [0.05, 0.1) is 17.1 Å². The van der Waals surface area contributed by atoms with Gasteiger partial charge < -0.3 is 14.9 Å². The lowest BCUT2D eigenvalue weighted by Crippen LogP contribution is -1.95. The lowest BCUT2D eigenvalue weighted by atomic mass is 10.1. The van der Waals surface area contributed by atoms with E-state index in [4.69, 9.17) is 4.74 Å². The predicted molar refractivity (Wildman–Crippen MR) is 83.8 cm³/mol. The number of phenols is 2. The third-order valence-corrected chi connectivity index (χ3v) is 3.51. The average molecular weight is 349 g/mol. The Morgan fingerprint density at radius 2 is 1.81 bits per heavy atom. The molecule has 108 valence electrons. The van der Waals surface area contributed by atoms with Gasteiger partial charge in [0.1, 0.15) is 17.2 Å². The summed E-state index contributed by atoms with van der Waals surface area (Å²) in [5.41, 5.74) is 0.950. The second kappa shape index (κ2) is 6.45. The number of methoxy groups -OCH3 is 1. The Balaban J connectivity index is 2.20. The minimum absolute atomic E-state index is 0.115. The molecule has 0 saturated heterocycles. The SMILES string of the molecule is COc1ccc(/C=C/C(=O)c2cc(Br)c(O)cc2O)cc1. The Bertz CT molecular complexity index is 690. The van der Waals surface area contributed by atoms with Gasteiger partial charge in [0.25, 0.3) is 0 Å². The van der Waals surface area contributed by atoms with E-state index in [0.717, 1.165) is 17.4 Å². The molecule has 2 aromatic carbocycles. The van der Waals surface area contributed by atoms with Crippen LogP contribution in [0, 0.1) is 0 Å². The molecule has 0 heterocycles. The van der Waals surface area contributed by atoms with Crippen LogP contribution in [0.5, 0.6) is 17.2 Å². The molecular weight excluding hydrogens is 336 g/mol. The first-order valence-electron chi connectivity index (χ1n) is 6.09. The molecule has 2 aromatic rings. The summed E-state index contributed by atoms with van der Waals surface area (Å²) in [5, 5.41) is 19.1. The van der Waals surface area contributed by atoms with Gasteiger partial charge in [0.15, 0.2) is 5.78 Å². The molecule has 0 bridgehead atoms. The topological polar surface area (TPSA) is 66.8 Å². The highest BCUT2D eigenvalue weighted by Crippen LogP contribution is 2.31. The van der Waals surface area contributed by atoms with E-state index in [2.05, 4.69) is 15.9 Å². The maximum Gasteiger partial charge on any atom is 0.189 e. The van der Waals surface area contributed by atoms with Crippen LogP contribution in [0.2, 0.25) is 0 Å². The first-order chi connectivity index (χ1) is 10.0. The number of carbonyl (C=O) groups is 1. The molecule has 0 aromatic heterocycles. The van der Waals surface area contributed by atoms with Crippen molar-refractivity contribution in [3.8, 4) is 17.2 Å². The number of carbonyl (C=O) groups excluding carboxylic acids is 1. The van der Waals surface area contributed by atoms with Gasteiger partial charge in [-0.15, -0.1) is 0 Å². The smallest absolute Gasteiger partial charge is 0.189 e. The molecule has 0 atom stereocenters. The van der Waals surface area contributed by atoms with E-state index in [9.17, 15) is 15.0 Å². The quantitative estimate of drug-likeness (QED) is 0.652. The number of allylic oxidation sites excluding steroid dienone is 1. The van der Waals surface area contributed by atoms with Crippen LogP contribution in [0.15, 0.2) is 46.9 Å². The lowest BCUT2D eigenvalue weighted by Gasteiger charge is -2.03. The molecule has 0 fully saturated rings.